The van der Waals surface area contributed by atoms with Crippen LogP contribution in [0.15, 0.2) is 0 Å². The summed E-state index contributed by atoms with van der Waals surface area (Å²) < 4.78 is 0. The van der Waals surface area contributed by atoms with Crippen molar-refractivity contribution >= 4 is 0 Å². The van der Waals surface area contributed by atoms with Crippen LogP contribution in [0, 0.1) is 0 Å². The SMILES string of the molecule is [Co].[Cr].[O-2].[O-2].[Pt].[Ti+4]. The molecule has 0 N–H and O–H groups in total. The van der Waals surface area contributed by atoms with Crippen molar-refractivity contribution in [3.05, 3.63) is 0 Å². The Morgan fingerprint density at radius 2 is 0.833 bits per heavy atom. The predicted molar refractivity (Wildman–Crippen MR) is 1.37 cm³/mol. The van der Waals surface area contributed by atoms with Gasteiger partial charge in [-0.3, -0.25) is 0 Å². The van der Waals surface area contributed by atoms with Crippen LogP contribution in [0.1, 0.15) is 0 Å². The molecule has 1 radical (unpaired) electrons. The third-order valence-corrected chi connectivity index (χ3v) is 0. The Kier molecular flexibility index (Phi) is 723. The van der Waals surface area contributed by atoms with Gasteiger partial charge in [0.1, 0.15) is 0 Å². The van der Waals surface area contributed by atoms with Crippen LogP contribution in [0.25, 0.3) is 0 Å². The molecule has 0 aromatic carbocycles. The minimum Gasteiger partial charge on any atom is -2.00 e. The Bertz CT molecular complexity index is 13.5. The Morgan fingerprint density at radius 3 is 0.833 bits per heavy atom. The van der Waals surface area contributed by atoms with Crippen LogP contribution >= 0.6 is 0 Å². The second kappa shape index (κ2) is 53.4. The van der Waals surface area contributed by atoms with E-state index in [1.54, 1.807) is 0 Å². The maximum atomic E-state index is 0. The van der Waals surface area contributed by atoms with Crippen molar-refractivity contribution in [3.8, 4) is 0 Å². The first-order valence-electron chi connectivity index (χ1n) is 0. The molecule has 2 nitrogen and oxygen atoms in total. The molecular weight excluding hydrogens is 386 g/mol. The van der Waals surface area contributed by atoms with Gasteiger partial charge in [-0.2, -0.15) is 0 Å². The van der Waals surface area contributed by atoms with Crippen LogP contribution in [0.3, 0.4) is 0 Å². The Morgan fingerprint density at radius 1 is 0.833 bits per heavy atom. The van der Waals surface area contributed by atoms with E-state index in [1.165, 1.54) is 0 Å². The number of hydrogen-bond acceptors (Lipinski definition) is 0. The molecule has 6 heavy (non-hydrogen) atoms. The molecule has 0 heterocycles. The summed E-state index contributed by atoms with van der Waals surface area (Å²) in [5.41, 5.74) is 0. The zero-order valence-electron chi connectivity index (χ0n) is 2.37. The molecule has 0 aliphatic carbocycles. The number of rotatable bonds is 0. The molecule has 6 heteroatoms. The van der Waals surface area contributed by atoms with E-state index in [2.05, 4.69) is 0 Å². The first-order valence-corrected chi connectivity index (χ1v) is 0. The quantitative estimate of drug-likeness (QED) is 0.517. The van der Waals surface area contributed by atoms with Crippen LogP contribution in [0.2, 0.25) is 0 Å². The van der Waals surface area contributed by atoms with Gasteiger partial charge in [-0.25, -0.2) is 0 Å². The van der Waals surface area contributed by atoms with Crippen LogP contribution in [0.5, 0.6) is 0 Å². The van der Waals surface area contributed by atoms with Crippen molar-refractivity contribution in [3.63, 3.8) is 0 Å². The Labute approximate surface area is 86.9 Å². The minimum atomic E-state index is 0. The van der Waals surface area contributed by atoms with Gasteiger partial charge in [0.2, 0.25) is 0 Å². The van der Waals surface area contributed by atoms with E-state index < -0.39 is 0 Å². The zero-order valence-corrected chi connectivity index (χ0v) is 8.52. The van der Waals surface area contributed by atoms with Crippen molar-refractivity contribution in [1.29, 1.82) is 0 Å². The van der Waals surface area contributed by atoms with Crippen LogP contribution in [-0.4, -0.2) is 0 Å². The summed E-state index contributed by atoms with van der Waals surface area (Å²) in [5, 5.41) is 0. The molecule has 0 spiro atoms. The fourth-order valence-corrected chi connectivity index (χ4v) is 0. The zero-order chi connectivity index (χ0) is 0. The molecular formula is CoCrO2PtTi. The van der Waals surface area contributed by atoms with Gasteiger partial charge < -0.3 is 11.0 Å². The van der Waals surface area contributed by atoms with Gasteiger partial charge in [-0.15, -0.1) is 0 Å². The Balaban J connectivity index is 0. The number of hydrogen-bond donors (Lipinski definition) is 0. The monoisotopic (exact) mass is 386 g/mol. The maximum absolute atomic E-state index is 0. The van der Waals surface area contributed by atoms with Crippen molar-refractivity contribution in [2.45, 2.75) is 0 Å². The predicted octanol–water partition coefficient (Wildman–Crippen LogP) is -0.248. The topological polar surface area (TPSA) is 57.0 Å². The molecule has 0 rings (SSSR count). The van der Waals surface area contributed by atoms with Gasteiger partial charge >= 0.3 is 21.7 Å². The summed E-state index contributed by atoms with van der Waals surface area (Å²) in [5.74, 6) is 0. The van der Waals surface area contributed by atoms with E-state index in [0.29, 0.717) is 0 Å². The summed E-state index contributed by atoms with van der Waals surface area (Å²) in [6, 6.07) is 0. The molecule has 0 aliphatic heterocycles. The van der Waals surface area contributed by atoms with Gasteiger partial charge in [0.05, 0.1) is 0 Å². The third-order valence-electron chi connectivity index (χ3n) is 0. The summed E-state index contributed by atoms with van der Waals surface area (Å²) in [4.78, 5) is 0. The van der Waals surface area contributed by atoms with Crippen LogP contribution in [-0.2, 0) is 87.9 Å². The van der Waals surface area contributed by atoms with E-state index in [0.717, 1.165) is 0 Å². The minimum absolute atomic E-state index is 0. The molecule has 0 fully saturated rings. The summed E-state index contributed by atoms with van der Waals surface area (Å²) in [6.07, 6.45) is 0. The van der Waals surface area contributed by atoms with E-state index in [-0.39, 0.29) is 87.9 Å². The second-order valence-corrected chi connectivity index (χ2v) is 0. The molecule has 0 aliphatic rings. The molecule has 0 saturated heterocycles. The van der Waals surface area contributed by atoms with E-state index in [9.17, 15) is 0 Å². The molecule has 0 unspecified atom stereocenters. The molecule has 0 bridgehead atoms. The summed E-state index contributed by atoms with van der Waals surface area (Å²) in [6.45, 7) is 0. The van der Waals surface area contributed by atoms with E-state index in [1.807, 2.05) is 0 Å². The molecule has 0 atom stereocenters. The molecule has 0 saturated carbocycles. The summed E-state index contributed by atoms with van der Waals surface area (Å²) >= 11 is 0. The van der Waals surface area contributed by atoms with Gasteiger partial charge in [-0.05, 0) is 0 Å². The molecule has 0 aromatic rings. The fourth-order valence-electron chi connectivity index (χ4n) is 0. The Hall–Kier alpha value is 2.36. The standard InChI is InChI=1S/Co.Cr.2O.Pt.Ti/q;;2*-2;;+4. The van der Waals surface area contributed by atoms with E-state index in [4.69, 9.17) is 0 Å². The average molecular weight is 386 g/mol. The average Bonchev–Trinajstić information content (AvgIpc) is 0. The van der Waals surface area contributed by atoms with Gasteiger partial charge in [0.25, 0.3) is 0 Å². The van der Waals surface area contributed by atoms with Crippen molar-refractivity contribution < 1.29 is 87.9 Å². The van der Waals surface area contributed by atoms with Crippen LogP contribution in [0.4, 0.5) is 0 Å². The first-order chi connectivity index (χ1) is 0. The smallest absolute Gasteiger partial charge is 2.00 e. The normalized spacial score (nSPS) is 0. The van der Waals surface area contributed by atoms with E-state index >= 15 is 0 Å². The first kappa shape index (κ1) is 81.3. The van der Waals surface area contributed by atoms with Crippen LogP contribution < -0.4 is 0 Å². The molecule has 0 amide bonds. The largest absolute Gasteiger partial charge is 4.00 e. The van der Waals surface area contributed by atoms with Crippen molar-refractivity contribution in [2.75, 3.05) is 0 Å². The third kappa shape index (κ3) is 32.8. The van der Waals surface area contributed by atoms with Gasteiger partial charge in [-0.1, -0.05) is 0 Å². The molecule has 41 valence electrons. The molecule has 0 aromatic heterocycles. The van der Waals surface area contributed by atoms with Crippen molar-refractivity contribution in [2.24, 2.45) is 0 Å². The second-order valence-electron chi connectivity index (χ2n) is 0. The van der Waals surface area contributed by atoms with Gasteiger partial charge in [0.15, 0.2) is 0 Å². The summed E-state index contributed by atoms with van der Waals surface area (Å²) in [7, 11) is 0. The van der Waals surface area contributed by atoms with Gasteiger partial charge in [0, 0.05) is 55.2 Å². The maximum Gasteiger partial charge on any atom is 4.00 e. The van der Waals surface area contributed by atoms with Crippen molar-refractivity contribution in [1.82, 2.24) is 0 Å². The fraction of sp³-hybridized carbons (Fsp3) is 0.